The highest BCUT2D eigenvalue weighted by Gasteiger charge is 2.02. The summed E-state index contributed by atoms with van der Waals surface area (Å²) in [7, 11) is -3.78. The Morgan fingerprint density at radius 2 is 1.14 bits per heavy atom. The molecule has 0 unspecified atom stereocenters. The maximum atomic E-state index is 10.5. The van der Waals surface area contributed by atoms with E-state index in [2.05, 4.69) is 12.2 Å². The molecule has 0 rings (SSSR count). The van der Waals surface area contributed by atoms with Crippen LogP contribution < -0.4 is 5.32 Å². The summed E-state index contributed by atoms with van der Waals surface area (Å²) in [5.41, 5.74) is 0. The zero-order valence-electron chi connectivity index (χ0n) is 13.8. The van der Waals surface area contributed by atoms with E-state index in [1.165, 1.54) is 64.2 Å². The molecule has 0 fully saturated rings. The lowest BCUT2D eigenvalue weighted by Gasteiger charge is -2.04. The van der Waals surface area contributed by atoms with Gasteiger partial charge in [0.2, 0.25) is 0 Å². The van der Waals surface area contributed by atoms with Crippen LogP contribution >= 0.6 is 0 Å². The fourth-order valence-corrected chi connectivity index (χ4v) is 2.93. The monoisotopic (exact) mass is 321 g/mol. The Morgan fingerprint density at radius 3 is 1.62 bits per heavy atom. The quantitative estimate of drug-likeness (QED) is 0.331. The highest BCUT2D eigenvalue weighted by Crippen LogP contribution is 2.10. The third-order valence-corrected chi connectivity index (χ3v) is 4.52. The molecule has 0 heterocycles. The molecule has 0 saturated heterocycles. The first-order valence-electron chi connectivity index (χ1n) is 8.72. The second-order valence-electron chi connectivity index (χ2n) is 5.93. The van der Waals surface area contributed by atoms with Gasteiger partial charge in [-0.25, -0.2) is 0 Å². The van der Waals surface area contributed by atoms with Crippen LogP contribution in [0.3, 0.4) is 0 Å². The molecule has 0 amide bonds. The highest BCUT2D eigenvalue weighted by atomic mass is 32.2. The van der Waals surface area contributed by atoms with Gasteiger partial charge in [-0.1, -0.05) is 71.1 Å². The standard InChI is InChI=1S/C16H35NO3S/c1-2-3-4-5-6-7-8-9-10-11-12-14-17-15-13-16-21(18,19)20/h17H,2-16H2,1H3,(H,18,19,20). The van der Waals surface area contributed by atoms with Gasteiger partial charge in [0.25, 0.3) is 10.1 Å². The van der Waals surface area contributed by atoms with Crippen molar-refractivity contribution in [2.24, 2.45) is 0 Å². The summed E-state index contributed by atoms with van der Waals surface area (Å²) in [6.07, 6.45) is 15.2. The largest absolute Gasteiger partial charge is 0.317 e. The van der Waals surface area contributed by atoms with Gasteiger partial charge < -0.3 is 5.32 Å². The van der Waals surface area contributed by atoms with Crippen LogP contribution in [0, 0.1) is 0 Å². The third-order valence-electron chi connectivity index (χ3n) is 3.71. The highest BCUT2D eigenvalue weighted by molar-refractivity contribution is 7.85. The predicted molar refractivity (Wildman–Crippen MR) is 90.4 cm³/mol. The third kappa shape index (κ3) is 19.9. The van der Waals surface area contributed by atoms with E-state index in [1.54, 1.807) is 0 Å². The van der Waals surface area contributed by atoms with Gasteiger partial charge in [0.15, 0.2) is 0 Å². The molecule has 4 nitrogen and oxygen atoms in total. The maximum Gasteiger partial charge on any atom is 0.264 e. The first-order chi connectivity index (χ1) is 10.1. The van der Waals surface area contributed by atoms with E-state index in [0.29, 0.717) is 13.0 Å². The van der Waals surface area contributed by atoms with Crippen molar-refractivity contribution in [3.05, 3.63) is 0 Å². The van der Waals surface area contributed by atoms with Crippen molar-refractivity contribution in [1.29, 1.82) is 0 Å². The maximum absolute atomic E-state index is 10.5. The minimum Gasteiger partial charge on any atom is -0.317 e. The lowest BCUT2D eigenvalue weighted by atomic mass is 10.1. The molecule has 2 N–H and O–H groups in total. The Hall–Kier alpha value is -0.130. The molecule has 0 radical (unpaired) electrons. The van der Waals surface area contributed by atoms with Crippen LogP contribution in [0.4, 0.5) is 0 Å². The number of nitrogens with one attached hydrogen (secondary N) is 1. The minimum atomic E-state index is -3.78. The topological polar surface area (TPSA) is 66.4 Å². The van der Waals surface area contributed by atoms with Gasteiger partial charge in [0.1, 0.15) is 0 Å². The summed E-state index contributed by atoms with van der Waals surface area (Å²) in [6, 6.07) is 0. The molecule has 0 spiro atoms. The van der Waals surface area contributed by atoms with Crippen molar-refractivity contribution in [2.45, 2.75) is 84.0 Å². The zero-order chi connectivity index (χ0) is 15.8. The average molecular weight is 322 g/mol. The molecule has 0 aliphatic rings. The first kappa shape index (κ1) is 20.9. The van der Waals surface area contributed by atoms with Crippen LogP contribution in [0.1, 0.15) is 84.0 Å². The van der Waals surface area contributed by atoms with E-state index in [9.17, 15) is 8.42 Å². The van der Waals surface area contributed by atoms with Crippen LogP contribution in [-0.2, 0) is 10.1 Å². The van der Waals surface area contributed by atoms with E-state index >= 15 is 0 Å². The molecule has 0 bridgehead atoms. The molecule has 21 heavy (non-hydrogen) atoms. The van der Waals surface area contributed by atoms with Gasteiger partial charge in [-0.15, -0.1) is 0 Å². The summed E-state index contributed by atoms with van der Waals surface area (Å²) in [5.74, 6) is -0.141. The Morgan fingerprint density at radius 1 is 0.714 bits per heavy atom. The number of hydrogen-bond acceptors (Lipinski definition) is 3. The molecule has 0 saturated carbocycles. The molecule has 0 aliphatic heterocycles. The molecule has 0 aliphatic carbocycles. The summed E-state index contributed by atoms with van der Waals surface area (Å²) in [4.78, 5) is 0. The normalized spacial score (nSPS) is 11.9. The van der Waals surface area contributed by atoms with Crippen LogP contribution in [0.5, 0.6) is 0 Å². The van der Waals surface area contributed by atoms with Gasteiger partial charge in [-0.3, -0.25) is 4.55 Å². The number of hydrogen-bond donors (Lipinski definition) is 2. The van der Waals surface area contributed by atoms with Crippen molar-refractivity contribution < 1.29 is 13.0 Å². The summed E-state index contributed by atoms with van der Waals surface area (Å²) in [5, 5.41) is 3.21. The van der Waals surface area contributed by atoms with Crippen LogP contribution in [-0.4, -0.2) is 31.8 Å². The van der Waals surface area contributed by atoms with Gasteiger partial charge in [-0.2, -0.15) is 8.42 Å². The molecule has 0 aromatic heterocycles. The van der Waals surface area contributed by atoms with Gasteiger partial charge in [0, 0.05) is 0 Å². The van der Waals surface area contributed by atoms with E-state index in [1.807, 2.05) is 0 Å². The van der Waals surface area contributed by atoms with Gasteiger partial charge >= 0.3 is 0 Å². The molecular weight excluding hydrogens is 286 g/mol. The fraction of sp³-hybridized carbons (Fsp3) is 1.00. The fourth-order valence-electron chi connectivity index (χ4n) is 2.42. The molecule has 5 heteroatoms. The number of rotatable bonds is 16. The second kappa shape index (κ2) is 14.8. The number of unbranched alkanes of at least 4 members (excludes halogenated alkanes) is 10. The van der Waals surface area contributed by atoms with Crippen LogP contribution in [0.15, 0.2) is 0 Å². The van der Waals surface area contributed by atoms with Crippen LogP contribution in [0.25, 0.3) is 0 Å². The SMILES string of the molecule is CCCCCCCCCCCCCNCCCS(=O)(=O)O. The molecule has 0 aromatic carbocycles. The molecule has 0 aromatic rings. The second-order valence-corrected chi connectivity index (χ2v) is 7.50. The van der Waals surface area contributed by atoms with Crippen molar-refractivity contribution in [1.82, 2.24) is 5.32 Å². The molecule has 0 atom stereocenters. The summed E-state index contributed by atoms with van der Waals surface area (Å²) in [6.45, 7) is 3.86. The van der Waals surface area contributed by atoms with E-state index < -0.39 is 10.1 Å². The molecule has 128 valence electrons. The lowest BCUT2D eigenvalue weighted by Crippen LogP contribution is -2.19. The zero-order valence-corrected chi connectivity index (χ0v) is 14.6. The Balaban J connectivity index is 3.03. The van der Waals surface area contributed by atoms with E-state index in [-0.39, 0.29) is 5.75 Å². The minimum absolute atomic E-state index is 0.141. The summed E-state index contributed by atoms with van der Waals surface area (Å²) < 4.78 is 29.6. The Labute approximate surface area is 131 Å². The smallest absolute Gasteiger partial charge is 0.264 e. The Bertz CT molecular complexity index is 305. The molecular formula is C16H35NO3S. The van der Waals surface area contributed by atoms with Gasteiger partial charge in [-0.05, 0) is 25.9 Å². The van der Waals surface area contributed by atoms with E-state index in [0.717, 1.165) is 13.0 Å². The Kier molecular flexibility index (Phi) is 14.7. The average Bonchev–Trinajstić information content (AvgIpc) is 2.42. The van der Waals surface area contributed by atoms with Crippen molar-refractivity contribution >= 4 is 10.1 Å². The van der Waals surface area contributed by atoms with Gasteiger partial charge in [0.05, 0.1) is 5.75 Å². The van der Waals surface area contributed by atoms with Crippen molar-refractivity contribution in [3.63, 3.8) is 0 Å². The first-order valence-corrected chi connectivity index (χ1v) is 10.3. The van der Waals surface area contributed by atoms with Crippen molar-refractivity contribution in [3.8, 4) is 0 Å². The van der Waals surface area contributed by atoms with E-state index in [4.69, 9.17) is 4.55 Å². The van der Waals surface area contributed by atoms with Crippen LogP contribution in [0.2, 0.25) is 0 Å². The predicted octanol–water partition coefficient (Wildman–Crippen LogP) is 4.16. The summed E-state index contributed by atoms with van der Waals surface area (Å²) >= 11 is 0. The lowest BCUT2D eigenvalue weighted by molar-refractivity contribution is 0.479. The van der Waals surface area contributed by atoms with Crippen molar-refractivity contribution in [2.75, 3.05) is 18.8 Å².